The minimum Gasteiger partial charge on any atom is -0.469 e. The van der Waals surface area contributed by atoms with Gasteiger partial charge in [-0.05, 0) is 37.3 Å². The van der Waals surface area contributed by atoms with Gasteiger partial charge in [0, 0.05) is 31.9 Å². The van der Waals surface area contributed by atoms with Gasteiger partial charge in [-0.1, -0.05) is 0 Å². The van der Waals surface area contributed by atoms with Gasteiger partial charge in [-0.15, -0.1) is 0 Å². The Kier molecular flexibility index (Phi) is 4.15. The van der Waals surface area contributed by atoms with E-state index in [-0.39, 0.29) is 4.90 Å². The molecule has 0 bridgehead atoms. The topological polar surface area (TPSA) is 62.6 Å². The van der Waals surface area contributed by atoms with E-state index in [2.05, 4.69) is 5.32 Å². The quantitative estimate of drug-likeness (QED) is 0.920. The van der Waals surface area contributed by atoms with E-state index in [4.69, 9.17) is 4.42 Å². The molecule has 1 N–H and O–H groups in total. The summed E-state index contributed by atoms with van der Waals surface area (Å²) in [7, 11) is -0.141. The Morgan fingerprint density at radius 2 is 1.85 bits per heavy atom. The van der Waals surface area contributed by atoms with Crippen LogP contribution in [0.4, 0.5) is 5.69 Å². The Morgan fingerprint density at radius 1 is 1.20 bits per heavy atom. The van der Waals surface area contributed by atoms with Crippen LogP contribution in [0.5, 0.6) is 0 Å². The molecular formula is C14H18N2O3S. The normalized spacial score (nSPS) is 11.8. The highest BCUT2D eigenvalue weighted by atomic mass is 32.2. The number of rotatable bonds is 5. The maximum atomic E-state index is 12.4. The van der Waals surface area contributed by atoms with Crippen LogP contribution in [0.1, 0.15) is 11.3 Å². The molecule has 1 aromatic carbocycles. The molecular weight excluding hydrogens is 276 g/mol. The third kappa shape index (κ3) is 2.86. The second-order valence-electron chi connectivity index (χ2n) is 4.54. The number of benzene rings is 1. The van der Waals surface area contributed by atoms with Crippen molar-refractivity contribution in [3.8, 4) is 0 Å². The average Bonchev–Trinajstić information content (AvgIpc) is 2.84. The van der Waals surface area contributed by atoms with Gasteiger partial charge < -0.3 is 9.73 Å². The molecule has 0 amide bonds. The van der Waals surface area contributed by atoms with Crippen molar-refractivity contribution in [2.75, 3.05) is 19.4 Å². The molecule has 5 nitrogen and oxygen atoms in total. The molecule has 0 aliphatic rings. The van der Waals surface area contributed by atoms with Crippen LogP contribution in [0.2, 0.25) is 0 Å². The van der Waals surface area contributed by atoms with E-state index in [0.29, 0.717) is 6.54 Å². The predicted octanol–water partition coefficient (Wildman–Crippen LogP) is 2.45. The van der Waals surface area contributed by atoms with E-state index < -0.39 is 10.0 Å². The summed E-state index contributed by atoms with van der Waals surface area (Å²) in [5.74, 6) is 0.734. The van der Waals surface area contributed by atoms with Gasteiger partial charge in [-0.3, -0.25) is 0 Å². The minimum absolute atomic E-state index is 0.278. The number of nitrogens with zero attached hydrogens (tertiary/aromatic N) is 1. The lowest BCUT2D eigenvalue weighted by molar-refractivity contribution is 0.459. The molecule has 0 radical (unpaired) electrons. The molecule has 1 aromatic heterocycles. The average molecular weight is 294 g/mol. The molecule has 2 aromatic rings. The van der Waals surface area contributed by atoms with E-state index in [1.165, 1.54) is 4.31 Å². The smallest absolute Gasteiger partial charge is 0.243 e. The minimum atomic E-state index is -3.49. The van der Waals surface area contributed by atoms with E-state index in [0.717, 1.165) is 17.0 Å². The Bertz CT molecular complexity index is 675. The summed E-state index contributed by atoms with van der Waals surface area (Å²) in [5.41, 5.74) is 1.74. The summed E-state index contributed by atoms with van der Waals surface area (Å²) >= 11 is 0. The number of aryl methyl sites for hydroxylation is 1. The fraction of sp³-hybridized carbons (Fsp3) is 0.286. The molecule has 0 aliphatic heterocycles. The summed E-state index contributed by atoms with van der Waals surface area (Å²) in [6.45, 7) is 2.11. The highest BCUT2D eigenvalue weighted by Crippen LogP contribution is 2.20. The SMILES string of the molecule is CNc1ccc(S(=O)(=O)N(C)Cc2ccoc2C)cc1. The highest BCUT2D eigenvalue weighted by molar-refractivity contribution is 7.89. The van der Waals surface area contributed by atoms with Crippen molar-refractivity contribution in [2.24, 2.45) is 0 Å². The molecule has 2 rings (SSSR count). The largest absolute Gasteiger partial charge is 0.469 e. The van der Waals surface area contributed by atoms with Crippen molar-refractivity contribution in [3.63, 3.8) is 0 Å². The fourth-order valence-corrected chi connectivity index (χ4v) is 3.02. The van der Waals surface area contributed by atoms with Crippen LogP contribution in [-0.2, 0) is 16.6 Å². The number of sulfonamides is 1. The van der Waals surface area contributed by atoms with Gasteiger partial charge in [-0.25, -0.2) is 8.42 Å². The molecule has 1 heterocycles. The van der Waals surface area contributed by atoms with Gasteiger partial charge in [0.15, 0.2) is 0 Å². The maximum absolute atomic E-state index is 12.4. The van der Waals surface area contributed by atoms with Crippen molar-refractivity contribution in [1.29, 1.82) is 0 Å². The number of furan rings is 1. The molecule has 0 atom stereocenters. The summed E-state index contributed by atoms with van der Waals surface area (Å²) in [5, 5.41) is 2.96. The van der Waals surface area contributed by atoms with Crippen LogP contribution in [0.25, 0.3) is 0 Å². The van der Waals surface area contributed by atoms with E-state index in [1.54, 1.807) is 50.7 Å². The molecule has 0 fully saturated rings. The first kappa shape index (κ1) is 14.6. The monoisotopic (exact) mass is 294 g/mol. The summed E-state index contributed by atoms with van der Waals surface area (Å²) < 4.78 is 31.4. The molecule has 0 aliphatic carbocycles. The lowest BCUT2D eigenvalue weighted by Crippen LogP contribution is -2.26. The molecule has 0 unspecified atom stereocenters. The number of hydrogen-bond donors (Lipinski definition) is 1. The van der Waals surface area contributed by atoms with Gasteiger partial charge in [-0.2, -0.15) is 4.31 Å². The maximum Gasteiger partial charge on any atom is 0.243 e. The van der Waals surface area contributed by atoms with Crippen molar-refractivity contribution in [1.82, 2.24) is 4.31 Å². The lowest BCUT2D eigenvalue weighted by Gasteiger charge is -2.17. The number of nitrogens with one attached hydrogen (secondary N) is 1. The van der Waals surface area contributed by atoms with Crippen LogP contribution < -0.4 is 5.32 Å². The fourth-order valence-electron chi connectivity index (χ4n) is 1.87. The van der Waals surface area contributed by atoms with Gasteiger partial charge in [0.25, 0.3) is 0 Å². The van der Waals surface area contributed by atoms with Crippen LogP contribution in [0, 0.1) is 6.92 Å². The van der Waals surface area contributed by atoms with E-state index in [1.807, 2.05) is 6.92 Å². The first-order chi connectivity index (χ1) is 9.45. The van der Waals surface area contributed by atoms with Gasteiger partial charge >= 0.3 is 0 Å². The molecule has 108 valence electrons. The van der Waals surface area contributed by atoms with Crippen LogP contribution in [-0.4, -0.2) is 26.8 Å². The Hall–Kier alpha value is -1.79. The molecule has 6 heteroatoms. The number of hydrogen-bond acceptors (Lipinski definition) is 4. The molecule has 20 heavy (non-hydrogen) atoms. The van der Waals surface area contributed by atoms with Gasteiger partial charge in [0.1, 0.15) is 5.76 Å². The first-order valence-corrected chi connectivity index (χ1v) is 7.66. The lowest BCUT2D eigenvalue weighted by atomic mass is 10.3. The zero-order valence-electron chi connectivity index (χ0n) is 11.8. The standard InChI is InChI=1S/C14H18N2O3S/c1-11-12(8-9-19-11)10-16(3)20(17,18)14-6-4-13(15-2)5-7-14/h4-9,15H,10H2,1-3H3. The second kappa shape index (κ2) is 5.68. The molecule has 0 spiro atoms. The van der Waals surface area contributed by atoms with Crippen molar-refractivity contribution in [3.05, 3.63) is 47.9 Å². The van der Waals surface area contributed by atoms with Crippen LogP contribution in [0.15, 0.2) is 45.9 Å². The second-order valence-corrected chi connectivity index (χ2v) is 6.58. The summed E-state index contributed by atoms with van der Waals surface area (Å²) in [4.78, 5) is 0.278. The van der Waals surface area contributed by atoms with Gasteiger partial charge in [0.05, 0.1) is 11.2 Å². The molecule has 0 saturated carbocycles. The van der Waals surface area contributed by atoms with Crippen molar-refractivity contribution >= 4 is 15.7 Å². The van der Waals surface area contributed by atoms with E-state index >= 15 is 0 Å². The highest BCUT2D eigenvalue weighted by Gasteiger charge is 2.21. The first-order valence-electron chi connectivity index (χ1n) is 6.22. The van der Waals surface area contributed by atoms with Gasteiger partial charge in [0.2, 0.25) is 10.0 Å². The van der Waals surface area contributed by atoms with Crippen molar-refractivity contribution < 1.29 is 12.8 Å². The van der Waals surface area contributed by atoms with Crippen LogP contribution in [0.3, 0.4) is 0 Å². The zero-order valence-corrected chi connectivity index (χ0v) is 12.6. The summed E-state index contributed by atoms with van der Waals surface area (Å²) in [6.07, 6.45) is 1.56. The molecule has 0 saturated heterocycles. The Balaban J connectivity index is 2.22. The predicted molar refractivity (Wildman–Crippen MR) is 78.1 cm³/mol. The third-order valence-corrected chi connectivity index (χ3v) is 5.03. The number of anilines is 1. The van der Waals surface area contributed by atoms with Crippen molar-refractivity contribution in [2.45, 2.75) is 18.4 Å². The third-order valence-electron chi connectivity index (χ3n) is 3.21. The Labute approximate surface area is 119 Å². The summed E-state index contributed by atoms with van der Waals surface area (Å²) in [6, 6.07) is 8.46. The van der Waals surface area contributed by atoms with E-state index in [9.17, 15) is 8.42 Å². The zero-order chi connectivity index (χ0) is 14.8. The van der Waals surface area contributed by atoms with Crippen LogP contribution >= 0.6 is 0 Å². The Morgan fingerprint density at radius 3 is 2.35 bits per heavy atom.